The van der Waals surface area contributed by atoms with E-state index in [4.69, 9.17) is 0 Å². The number of nitrogens with zero attached hydrogens (tertiary/aromatic N) is 4. The Labute approximate surface area is 581 Å². The first-order valence-electron chi connectivity index (χ1n) is 35.0. The summed E-state index contributed by atoms with van der Waals surface area (Å²) in [5.41, 5.74) is 33.6. The molecule has 2 aliphatic carbocycles. The summed E-state index contributed by atoms with van der Waals surface area (Å²) in [5.74, 6) is 0. The van der Waals surface area contributed by atoms with Gasteiger partial charge in [0.15, 0.2) is 0 Å². The van der Waals surface area contributed by atoms with Gasteiger partial charge in [0, 0.05) is 77.3 Å². The lowest BCUT2D eigenvalue weighted by atomic mass is 9.81. The average molecular weight is 1280 g/mol. The maximum Gasteiger partial charge on any atom is 0.0547 e. The van der Waals surface area contributed by atoms with Crippen LogP contribution >= 0.6 is 0 Å². The highest BCUT2D eigenvalue weighted by atomic mass is 15.1. The summed E-state index contributed by atoms with van der Waals surface area (Å²) in [7, 11) is 0. The second kappa shape index (κ2) is 22.0. The first-order valence-corrected chi connectivity index (χ1v) is 35.0. The van der Waals surface area contributed by atoms with Crippen molar-refractivity contribution >= 4 is 82.5 Å². The zero-order chi connectivity index (χ0) is 66.5. The van der Waals surface area contributed by atoms with Crippen molar-refractivity contribution < 1.29 is 0 Å². The molecular formula is C96H68N4. The number of benzene rings is 15. The zero-order valence-electron chi connectivity index (χ0n) is 56.1. The van der Waals surface area contributed by atoms with Crippen LogP contribution in [0.4, 0.5) is 17.1 Å². The molecule has 0 spiro atoms. The van der Waals surface area contributed by atoms with Crippen molar-refractivity contribution in [3.05, 3.63) is 362 Å². The molecule has 0 amide bonds. The van der Waals surface area contributed by atoms with Gasteiger partial charge >= 0.3 is 0 Å². The van der Waals surface area contributed by atoms with Crippen LogP contribution in [0.1, 0.15) is 49.9 Å². The van der Waals surface area contributed by atoms with Gasteiger partial charge in [0.1, 0.15) is 0 Å². The van der Waals surface area contributed by atoms with Crippen molar-refractivity contribution in [2.75, 3.05) is 4.90 Å². The van der Waals surface area contributed by atoms with Crippen LogP contribution in [0.3, 0.4) is 0 Å². The lowest BCUT2D eigenvalue weighted by Crippen LogP contribution is -2.18. The van der Waals surface area contributed by atoms with Gasteiger partial charge in [0.25, 0.3) is 0 Å². The third-order valence-electron chi connectivity index (χ3n) is 22.2. The Kier molecular flexibility index (Phi) is 12.7. The monoisotopic (exact) mass is 1280 g/mol. The van der Waals surface area contributed by atoms with E-state index in [9.17, 15) is 0 Å². The average Bonchev–Trinajstić information content (AvgIpc) is 1.56. The molecule has 0 saturated carbocycles. The summed E-state index contributed by atoms with van der Waals surface area (Å²) < 4.78 is 7.19. The third-order valence-corrected chi connectivity index (χ3v) is 22.2. The molecule has 0 unspecified atom stereocenters. The molecule has 2 aliphatic rings. The molecular weight excluding hydrogens is 1210 g/mol. The van der Waals surface area contributed by atoms with Gasteiger partial charge in [0.05, 0.1) is 33.1 Å². The van der Waals surface area contributed by atoms with E-state index in [1.54, 1.807) is 0 Å². The van der Waals surface area contributed by atoms with Crippen LogP contribution in [-0.4, -0.2) is 13.7 Å². The standard InChI is InChI=1S/C96H68N4/c1-95(2)85-56-66(64-41-52-92-83(54-64)80-27-15-18-30-90(80)98(92)69-20-8-5-9-21-69)38-47-75(85)77-50-45-73(59-87(77)95)97(72-43-36-62(37-44-72)61-32-34-63(35-33-61)68-40-49-82-79-26-14-17-29-89(79)100(94(82)58-68)71-24-12-7-13-25-71)74-46-51-78-76-48-39-67(57-86(76)96(3,4)88(78)60-74)65-42-53-93-84(55-65)81-28-16-19-31-91(81)99(93)70-22-10-6-11-23-70/h5-60H,1-4H3. The maximum absolute atomic E-state index is 2.50. The van der Waals surface area contributed by atoms with Crippen LogP contribution in [0.5, 0.6) is 0 Å². The Morgan fingerprint density at radius 3 is 0.920 bits per heavy atom. The molecule has 0 atom stereocenters. The molecule has 4 heteroatoms. The smallest absolute Gasteiger partial charge is 0.0547 e. The molecule has 4 nitrogen and oxygen atoms in total. The minimum absolute atomic E-state index is 0.291. The van der Waals surface area contributed by atoms with E-state index in [0.29, 0.717) is 0 Å². The lowest BCUT2D eigenvalue weighted by molar-refractivity contribution is 0.660. The summed E-state index contributed by atoms with van der Waals surface area (Å²) in [5, 5.41) is 7.54. The van der Waals surface area contributed by atoms with Gasteiger partial charge in [-0.15, -0.1) is 0 Å². The zero-order valence-corrected chi connectivity index (χ0v) is 56.1. The SMILES string of the molecule is CC1(C)c2cc(-c3ccc4c(c3)c3ccccc3n4-c3ccccc3)ccc2-c2ccc(N(c3ccc(-c4ccc(-c5ccc6c7ccccc7n(-c7ccccc7)c6c5)cc4)cc3)c3ccc4c(c3)C(C)(C)c3cc(-c5ccc6c(c5)c5ccccc5n6-c5ccccc5)ccc3-4)cc21. The summed E-state index contributed by atoms with van der Waals surface area (Å²) >= 11 is 0. The normalized spacial score (nSPS) is 13.4. The first-order chi connectivity index (χ1) is 49.1. The predicted octanol–water partition coefficient (Wildman–Crippen LogP) is 25.7. The quantitative estimate of drug-likeness (QED) is 0.133. The number of rotatable bonds is 10. The van der Waals surface area contributed by atoms with Crippen LogP contribution < -0.4 is 4.90 Å². The molecule has 100 heavy (non-hydrogen) atoms. The van der Waals surface area contributed by atoms with E-state index in [2.05, 4.69) is 386 Å². The number of hydrogen-bond acceptors (Lipinski definition) is 1. The lowest BCUT2D eigenvalue weighted by Gasteiger charge is -2.30. The second-order valence-corrected chi connectivity index (χ2v) is 28.5. The molecule has 0 fully saturated rings. The fourth-order valence-corrected chi connectivity index (χ4v) is 17.2. The highest BCUT2D eigenvalue weighted by Gasteiger charge is 2.39. The molecule has 0 bridgehead atoms. The van der Waals surface area contributed by atoms with Gasteiger partial charge in [-0.05, 0) is 222 Å². The topological polar surface area (TPSA) is 18.0 Å². The number of fused-ring (bicyclic) bond motifs is 15. The van der Waals surface area contributed by atoms with Crippen molar-refractivity contribution in [1.29, 1.82) is 0 Å². The summed E-state index contributed by atoms with van der Waals surface area (Å²) in [4.78, 5) is 2.50. The molecule has 3 heterocycles. The van der Waals surface area contributed by atoms with Crippen LogP contribution in [0.25, 0.3) is 149 Å². The third kappa shape index (κ3) is 8.79. The van der Waals surface area contributed by atoms with Crippen molar-refractivity contribution in [3.63, 3.8) is 0 Å². The second-order valence-electron chi connectivity index (χ2n) is 28.5. The Bertz CT molecular complexity index is 6090. The van der Waals surface area contributed by atoms with Crippen LogP contribution in [0, 0.1) is 0 Å². The highest BCUT2D eigenvalue weighted by molar-refractivity contribution is 6.13. The predicted molar refractivity (Wildman–Crippen MR) is 421 cm³/mol. The minimum atomic E-state index is -0.291. The first kappa shape index (κ1) is 57.7. The molecule has 0 saturated heterocycles. The minimum Gasteiger partial charge on any atom is -0.310 e. The Balaban J connectivity index is 0.664. The van der Waals surface area contributed by atoms with Crippen LogP contribution in [-0.2, 0) is 10.8 Å². The number of aromatic nitrogens is 3. The van der Waals surface area contributed by atoms with Gasteiger partial charge in [0.2, 0.25) is 0 Å². The molecule has 18 aromatic rings. The van der Waals surface area contributed by atoms with E-state index in [0.717, 1.165) is 22.7 Å². The molecule has 15 aromatic carbocycles. The maximum atomic E-state index is 2.50. The highest BCUT2D eigenvalue weighted by Crippen LogP contribution is 2.55. The van der Waals surface area contributed by atoms with Gasteiger partial charge in [-0.1, -0.05) is 234 Å². The molecule has 0 N–H and O–H groups in total. The van der Waals surface area contributed by atoms with Gasteiger partial charge < -0.3 is 18.6 Å². The summed E-state index contributed by atoms with van der Waals surface area (Å²) in [6.45, 7) is 9.66. The number of anilines is 3. The fraction of sp³-hybridized carbons (Fsp3) is 0.0625. The molecule has 0 radical (unpaired) electrons. The van der Waals surface area contributed by atoms with Crippen LogP contribution in [0.2, 0.25) is 0 Å². The molecule has 20 rings (SSSR count). The van der Waals surface area contributed by atoms with Crippen molar-refractivity contribution in [2.45, 2.75) is 38.5 Å². The van der Waals surface area contributed by atoms with E-state index in [-0.39, 0.29) is 10.8 Å². The Morgan fingerprint density at radius 1 is 0.200 bits per heavy atom. The summed E-state index contributed by atoms with van der Waals surface area (Å²) in [6.07, 6.45) is 0. The van der Waals surface area contributed by atoms with Gasteiger partial charge in [-0.25, -0.2) is 0 Å². The van der Waals surface area contributed by atoms with Crippen molar-refractivity contribution in [3.8, 4) is 83.8 Å². The van der Waals surface area contributed by atoms with Crippen LogP contribution in [0.15, 0.2) is 340 Å². The summed E-state index contributed by atoms with van der Waals surface area (Å²) in [6, 6.07) is 127. The van der Waals surface area contributed by atoms with Gasteiger partial charge in [-0.2, -0.15) is 0 Å². The Morgan fingerprint density at radius 2 is 0.480 bits per heavy atom. The largest absolute Gasteiger partial charge is 0.310 e. The molecule has 3 aromatic heterocycles. The molecule has 472 valence electrons. The van der Waals surface area contributed by atoms with Crippen molar-refractivity contribution in [2.24, 2.45) is 0 Å². The van der Waals surface area contributed by atoms with E-state index >= 15 is 0 Å². The number of hydrogen-bond donors (Lipinski definition) is 0. The number of para-hydroxylation sites is 6. The fourth-order valence-electron chi connectivity index (χ4n) is 17.2. The van der Waals surface area contributed by atoms with E-state index < -0.39 is 0 Å². The molecule has 0 aliphatic heterocycles. The van der Waals surface area contributed by atoms with E-state index in [1.807, 2.05) is 0 Å². The van der Waals surface area contributed by atoms with E-state index in [1.165, 1.54) is 166 Å². The van der Waals surface area contributed by atoms with Crippen molar-refractivity contribution in [1.82, 2.24) is 13.7 Å². The van der Waals surface area contributed by atoms with Gasteiger partial charge in [-0.3, -0.25) is 0 Å². The Hall–Kier alpha value is -12.5.